The molecule has 1 fully saturated rings. The molecule has 0 aliphatic carbocycles. The van der Waals surface area contributed by atoms with Crippen molar-refractivity contribution in [2.45, 2.75) is 20.5 Å². The van der Waals surface area contributed by atoms with Crippen molar-refractivity contribution in [3.05, 3.63) is 35.9 Å². The third-order valence-electron chi connectivity index (χ3n) is 4.15. The van der Waals surface area contributed by atoms with Gasteiger partial charge in [0.1, 0.15) is 0 Å². The van der Waals surface area contributed by atoms with E-state index in [1.54, 1.807) is 0 Å². The molecule has 24 heavy (non-hydrogen) atoms. The second-order valence-corrected chi connectivity index (χ2v) is 6.69. The van der Waals surface area contributed by atoms with Gasteiger partial charge in [-0.15, -0.1) is 0 Å². The second-order valence-electron chi connectivity index (χ2n) is 6.69. The summed E-state index contributed by atoms with van der Waals surface area (Å²) in [7, 11) is 1.85. The van der Waals surface area contributed by atoms with Crippen LogP contribution in [0.25, 0.3) is 0 Å². The van der Waals surface area contributed by atoms with Crippen molar-refractivity contribution in [2.75, 3.05) is 52.9 Å². The molecule has 134 valence electrons. The number of hydrogen-bond donors (Lipinski definition) is 1. The summed E-state index contributed by atoms with van der Waals surface area (Å²) < 4.78 is 5.72. The molecule has 0 amide bonds. The van der Waals surface area contributed by atoms with Gasteiger partial charge in [0.15, 0.2) is 5.96 Å². The van der Waals surface area contributed by atoms with E-state index in [0.717, 1.165) is 44.6 Å². The highest BCUT2D eigenvalue weighted by atomic mass is 16.5. The van der Waals surface area contributed by atoms with Crippen molar-refractivity contribution in [1.29, 1.82) is 0 Å². The summed E-state index contributed by atoms with van der Waals surface area (Å²) in [6.45, 7) is 12.2. The molecule has 0 aromatic heterocycles. The Labute approximate surface area is 146 Å². The summed E-state index contributed by atoms with van der Waals surface area (Å²) in [5.74, 6) is 1.72. The maximum Gasteiger partial charge on any atom is 0.193 e. The van der Waals surface area contributed by atoms with E-state index >= 15 is 0 Å². The van der Waals surface area contributed by atoms with E-state index in [-0.39, 0.29) is 0 Å². The van der Waals surface area contributed by atoms with E-state index in [9.17, 15) is 0 Å². The normalized spacial score (nSPS) is 16.7. The van der Waals surface area contributed by atoms with Crippen LogP contribution >= 0.6 is 0 Å². The standard InChI is InChI=1S/C19H32N4O/c1-17(2)15-22-10-12-23(13-11-22)19(20-3)21-9-14-24-16-18-7-5-4-6-8-18/h4-8,17H,9-16H2,1-3H3,(H,20,21). The topological polar surface area (TPSA) is 40.1 Å². The molecule has 1 saturated heterocycles. The maximum atomic E-state index is 5.72. The van der Waals surface area contributed by atoms with Crippen LogP contribution in [0.3, 0.4) is 0 Å². The van der Waals surface area contributed by atoms with Crippen molar-refractivity contribution in [1.82, 2.24) is 15.1 Å². The van der Waals surface area contributed by atoms with Crippen LogP contribution in [0.15, 0.2) is 35.3 Å². The Morgan fingerprint density at radius 1 is 1.17 bits per heavy atom. The monoisotopic (exact) mass is 332 g/mol. The second kappa shape index (κ2) is 10.3. The molecule has 1 aliphatic heterocycles. The molecule has 5 heteroatoms. The molecule has 1 aromatic rings. The van der Waals surface area contributed by atoms with Gasteiger partial charge in [-0.05, 0) is 11.5 Å². The van der Waals surface area contributed by atoms with Crippen LogP contribution in [0.4, 0.5) is 0 Å². The molecular formula is C19H32N4O. The zero-order valence-electron chi connectivity index (χ0n) is 15.4. The first-order chi connectivity index (χ1) is 11.7. The Balaban J connectivity index is 1.62. The molecule has 1 heterocycles. The first kappa shape index (κ1) is 18.7. The van der Waals surface area contributed by atoms with Gasteiger partial charge in [-0.2, -0.15) is 0 Å². The highest BCUT2D eigenvalue weighted by molar-refractivity contribution is 5.79. The number of ether oxygens (including phenoxy) is 1. The van der Waals surface area contributed by atoms with Gasteiger partial charge in [0, 0.05) is 46.3 Å². The third kappa shape index (κ3) is 6.49. The highest BCUT2D eigenvalue weighted by Crippen LogP contribution is 2.05. The van der Waals surface area contributed by atoms with Gasteiger partial charge >= 0.3 is 0 Å². The van der Waals surface area contributed by atoms with Gasteiger partial charge in [0.2, 0.25) is 0 Å². The van der Waals surface area contributed by atoms with Crippen molar-refractivity contribution in [3.63, 3.8) is 0 Å². The van der Waals surface area contributed by atoms with Crippen LogP contribution in [0.1, 0.15) is 19.4 Å². The summed E-state index contributed by atoms with van der Waals surface area (Å²) in [6.07, 6.45) is 0. The van der Waals surface area contributed by atoms with Crippen LogP contribution in [0, 0.1) is 5.92 Å². The van der Waals surface area contributed by atoms with Gasteiger partial charge in [-0.3, -0.25) is 9.89 Å². The quantitative estimate of drug-likeness (QED) is 0.471. The predicted octanol–water partition coefficient (Wildman–Crippen LogP) is 2.05. The number of nitrogens with zero attached hydrogens (tertiary/aromatic N) is 3. The van der Waals surface area contributed by atoms with Gasteiger partial charge in [0.05, 0.1) is 13.2 Å². The minimum absolute atomic E-state index is 0.662. The minimum Gasteiger partial charge on any atom is -0.375 e. The molecule has 1 aliphatic rings. The summed E-state index contributed by atoms with van der Waals surface area (Å²) in [6, 6.07) is 10.3. The molecule has 1 aromatic carbocycles. The van der Waals surface area contributed by atoms with E-state index in [2.05, 4.69) is 46.1 Å². The van der Waals surface area contributed by atoms with Crippen LogP contribution < -0.4 is 5.32 Å². The fourth-order valence-electron chi connectivity index (χ4n) is 2.99. The average Bonchev–Trinajstić information content (AvgIpc) is 2.59. The van der Waals surface area contributed by atoms with E-state index in [0.29, 0.717) is 13.2 Å². The molecule has 2 rings (SSSR count). The fourth-order valence-corrected chi connectivity index (χ4v) is 2.99. The molecule has 1 N–H and O–H groups in total. The summed E-state index contributed by atoms with van der Waals surface area (Å²) >= 11 is 0. The Bertz CT molecular complexity index is 481. The molecule has 0 unspecified atom stereocenters. The number of nitrogens with one attached hydrogen (secondary N) is 1. The molecule has 0 saturated carbocycles. The maximum absolute atomic E-state index is 5.72. The van der Waals surface area contributed by atoms with E-state index in [4.69, 9.17) is 4.74 Å². The number of aliphatic imine (C=N–C) groups is 1. The Hall–Kier alpha value is -1.59. The SMILES string of the molecule is CN=C(NCCOCc1ccccc1)N1CCN(CC(C)C)CC1. The minimum atomic E-state index is 0.662. The smallest absolute Gasteiger partial charge is 0.193 e. The number of guanidine groups is 1. The van der Waals surface area contributed by atoms with E-state index in [1.807, 2.05) is 25.2 Å². The molecule has 0 atom stereocenters. The lowest BCUT2D eigenvalue weighted by Gasteiger charge is -2.37. The third-order valence-corrected chi connectivity index (χ3v) is 4.15. The van der Waals surface area contributed by atoms with Gasteiger partial charge in [-0.25, -0.2) is 0 Å². The average molecular weight is 332 g/mol. The molecule has 5 nitrogen and oxygen atoms in total. The lowest BCUT2D eigenvalue weighted by Crippen LogP contribution is -2.53. The Morgan fingerprint density at radius 3 is 2.50 bits per heavy atom. The number of piperazine rings is 1. The molecule has 0 bridgehead atoms. The van der Waals surface area contributed by atoms with Gasteiger partial charge < -0.3 is 15.0 Å². The first-order valence-electron chi connectivity index (χ1n) is 8.98. The van der Waals surface area contributed by atoms with Gasteiger partial charge in [-0.1, -0.05) is 44.2 Å². The predicted molar refractivity (Wildman–Crippen MR) is 100 cm³/mol. The zero-order chi connectivity index (χ0) is 17.2. The highest BCUT2D eigenvalue weighted by Gasteiger charge is 2.19. The van der Waals surface area contributed by atoms with Crippen LogP contribution in [0.5, 0.6) is 0 Å². The molecular weight excluding hydrogens is 300 g/mol. The summed E-state index contributed by atoms with van der Waals surface area (Å²) in [5.41, 5.74) is 1.21. The van der Waals surface area contributed by atoms with Crippen molar-refractivity contribution in [3.8, 4) is 0 Å². The van der Waals surface area contributed by atoms with Crippen LogP contribution in [-0.4, -0.2) is 68.7 Å². The molecule has 0 radical (unpaired) electrons. The van der Waals surface area contributed by atoms with Crippen LogP contribution in [0.2, 0.25) is 0 Å². The lowest BCUT2D eigenvalue weighted by atomic mass is 10.2. The van der Waals surface area contributed by atoms with Gasteiger partial charge in [0.25, 0.3) is 0 Å². The van der Waals surface area contributed by atoms with E-state index < -0.39 is 0 Å². The fraction of sp³-hybridized carbons (Fsp3) is 0.632. The van der Waals surface area contributed by atoms with Crippen LogP contribution in [-0.2, 0) is 11.3 Å². The van der Waals surface area contributed by atoms with Crippen molar-refractivity contribution in [2.24, 2.45) is 10.9 Å². The largest absolute Gasteiger partial charge is 0.375 e. The van der Waals surface area contributed by atoms with E-state index in [1.165, 1.54) is 12.1 Å². The molecule has 0 spiro atoms. The summed E-state index contributed by atoms with van der Waals surface area (Å²) in [4.78, 5) is 9.29. The zero-order valence-corrected chi connectivity index (χ0v) is 15.4. The number of benzene rings is 1. The first-order valence-corrected chi connectivity index (χ1v) is 8.98. The van der Waals surface area contributed by atoms with Crippen molar-refractivity contribution < 1.29 is 4.74 Å². The Morgan fingerprint density at radius 2 is 1.88 bits per heavy atom. The number of hydrogen-bond acceptors (Lipinski definition) is 3. The summed E-state index contributed by atoms with van der Waals surface area (Å²) in [5, 5.41) is 3.41. The van der Waals surface area contributed by atoms with Crippen molar-refractivity contribution >= 4 is 5.96 Å². The lowest BCUT2D eigenvalue weighted by molar-refractivity contribution is 0.124. The Kier molecular flexibility index (Phi) is 8.05. The number of rotatable bonds is 7.